The molecule has 5 nitrogen and oxygen atoms in total. The highest BCUT2D eigenvalue weighted by Crippen LogP contribution is 2.38. The Morgan fingerprint density at radius 3 is 1.91 bits per heavy atom. The Balaban J connectivity index is 0.000000142. The van der Waals surface area contributed by atoms with Gasteiger partial charge in [-0.15, -0.1) is 0 Å². The summed E-state index contributed by atoms with van der Waals surface area (Å²) in [6, 6.07) is 18.1. The summed E-state index contributed by atoms with van der Waals surface area (Å²) in [6.45, 7) is 8.72. The zero-order valence-electron chi connectivity index (χ0n) is 26.5. The first-order valence-corrected chi connectivity index (χ1v) is 15.4. The molecule has 4 aromatic carbocycles. The molecule has 3 aliphatic rings. The van der Waals surface area contributed by atoms with E-state index in [2.05, 4.69) is 139 Å². The van der Waals surface area contributed by atoms with Crippen LogP contribution in [0.3, 0.4) is 0 Å². The number of hydrogen-bond donors (Lipinski definition) is 1. The Morgan fingerprint density at radius 1 is 0.591 bits per heavy atom. The zero-order chi connectivity index (χ0) is 30.5. The molecule has 1 aromatic heterocycles. The van der Waals surface area contributed by atoms with E-state index in [9.17, 15) is 0 Å². The number of H-pyrrole nitrogens is 1. The van der Waals surface area contributed by atoms with E-state index >= 15 is 0 Å². The van der Waals surface area contributed by atoms with Crippen LogP contribution in [0.1, 0.15) is 50.1 Å². The number of aliphatic imine (C=N–C) groups is 1. The molecular weight excluding hydrogens is 538 g/mol. The number of rotatable bonds is 4. The third-order valence-corrected chi connectivity index (χ3v) is 9.31. The van der Waals surface area contributed by atoms with Crippen molar-refractivity contribution in [3.8, 4) is 0 Å². The molecule has 220 valence electrons. The fraction of sp³-hybridized carbons (Fsp3) is 0.231. The minimum absolute atomic E-state index is 0.943. The van der Waals surface area contributed by atoms with Crippen LogP contribution in [0.15, 0.2) is 72.0 Å². The lowest BCUT2D eigenvalue weighted by Crippen LogP contribution is -2.13. The van der Waals surface area contributed by atoms with Crippen molar-refractivity contribution in [3.63, 3.8) is 0 Å². The van der Waals surface area contributed by atoms with Crippen LogP contribution in [0.5, 0.6) is 0 Å². The summed E-state index contributed by atoms with van der Waals surface area (Å²) in [5.41, 5.74) is 20.3. The minimum atomic E-state index is 0.943. The van der Waals surface area contributed by atoms with Gasteiger partial charge in [-0.2, -0.15) is 0 Å². The summed E-state index contributed by atoms with van der Waals surface area (Å²) >= 11 is 0. The predicted molar refractivity (Wildman–Crippen MR) is 188 cm³/mol. The smallest absolute Gasteiger partial charge is 0.0931 e. The van der Waals surface area contributed by atoms with Gasteiger partial charge >= 0.3 is 0 Å². The summed E-state index contributed by atoms with van der Waals surface area (Å²) in [5.74, 6) is 0. The highest BCUT2D eigenvalue weighted by molar-refractivity contribution is 5.85. The van der Waals surface area contributed by atoms with Crippen molar-refractivity contribution in [1.29, 1.82) is 0 Å². The number of aryl methyl sites for hydroxylation is 4. The number of aromatic amines is 1. The summed E-state index contributed by atoms with van der Waals surface area (Å²) < 4.78 is 0. The Kier molecular flexibility index (Phi) is 6.97. The molecule has 0 fully saturated rings. The lowest BCUT2D eigenvalue weighted by atomic mass is 10.0. The van der Waals surface area contributed by atoms with Gasteiger partial charge in [0.1, 0.15) is 0 Å². The van der Waals surface area contributed by atoms with Gasteiger partial charge in [-0.3, -0.25) is 4.99 Å². The summed E-state index contributed by atoms with van der Waals surface area (Å²) in [5, 5.41) is 0. The van der Waals surface area contributed by atoms with Crippen molar-refractivity contribution >= 4 is 57.8 Å². The molecule has 1 aliphatic heterocycles. The highest BCUT2D eigenvalue weighted by Gasteiger charge is 2.18. The lowest BCUT2D eigenvalue weighted by molar-refractivity contribution is 1.14. The van der Waals surface area contributed by atoms with Crippen LogP contribution in [-0.4, -0.2) is 30.3 Å². The van der Waals surface area contributed by atoms with Crippen LogP contribution in [0.2, 0.25) is 0 Å². The van der Waals surface area contributed by atoms with Gasteiger partial charge < -0.3 is 14.8 Å². The number of benzene rings is 4. The van der Waals surface area contributed by atoms with E-state index in [0.717, 1.165) is 36.0 Å². The van der Waals surface area contributed by atoms with Crippen LogP contribution in [0, 0.1) is 27.7 Å². The minimum Gasteiger partial charge on any atom is -0.345 e. The second kappa shape index (κ2) is 11.0. The molecule has 5 heteroatoms. The Bertz CT molecular complexity index is 2020. The van der Waals surface area contributed by atoms with Crippen LogP contribution in [0.4, 0.5) is 28.4 Å². The van der Waals surface area contributed by atoms with Crippen molar-refractivity contribution < 1.29 is 0 Å². The maximum Gasteiger partial charge on any atom is 0.0931 e. The van der Waals surface area contributed by atoms with Gasteiger partial charge in [0.25, 0.3) is 0 Å². The van der Waals surface area contributed by atoms with Gasteiger partial charge in [0.05, 0.1) is 23.0 Å². The first kappa shape index (κ1) is 27.9. The predicted octanol–water partition coefficient (Wildman–Crippen LogP) is 9.42. The largest absolute Gasteiger partial charge is 0.345 e. The van der Waals surface area contributed by atoms with E-state index in [4.69, 9.17) is 0 Å². The third-order valence-electron chi connectivity index (χ3n) is 9.31. The number of imidazole rings is 1. The van der Waals surface area contributed by atoms with E-state index in [1.165, 1.54) is 72.8 Å². The fourth-order valence-electron chi connectivity index (χ4n) is 6.88. The van der Waals surface area contributed by atoms with E-state index < -0.39 is 0 Å². The van der Waals surface area contributed by atoms with Gasteiger partial charge in [-0.25, -0.2) is 4.98 Å². The Labute approximate surface area is 260 Å². The van der Waals surface area contributed by atoms with Gasteiger partial charge in [-0.1, -0.05) is 36.4 Å². The monoisotopic (exact) mass is 577 g/mol. The van der Waals surface area contributed by atoms with Crippen molar-refractivity contribution in [2.45, 2.75) is 47.0 Å². The first-order valence-electron chi connectivity index (χ1n) is 15.4. The van der Waals surface area contributed by atoms with E-state index in [1.807, 2.05) is 6.21 Å². The molecule has 0 atom stereocenters. The molecule has 44 heavy (non-hydrogen) atoms. The summed E-state index contributed by atoms with van der Waals surface area (Å²) in [4.78, 5) is 16.6. The van der Waals surface area contributed by atoms with Crippen LogP contribution in [-0.2, 0) is 19.3 Å². The van der Waals surface area contributed by atoms with Crippen LogP contribution in [0.25, 0.3) is 23.2 Å². The second-order valence-electron chi connectivity index (χ2n) is 12.3. The molecule has 0 saturated heterocycles. The SMILES string of the molecule is Cc1cc2c(cc1N(C)c1cc3c(cc1C)C=CC3)C=CC2.Cc1cc2c(cc1N(C)c1cc3nc[nH]c3cc1C)N=CC2. The summed E-state index contributed by atoms with van der Waals surface area (Å²) in [6.07, 6.45) is 15.8. The maximum absolute atomic E-state index is 4.47. The topological polar surface area (TPSA) is 47.5 Å². The highest BCUT2D eigenvalue weighted by atomic mass is 15.1. The summed E-state index contributed by atoms with van der Waals surface area (Å²) in [7, 11) is 4.29. The first-order chi connectivity index (χ1) is 21.3. The number of allylic oxidation sites excluding steroid dienone is 2. The van der Waals surface area contributed by atoms with Crippen molar-refractivity contribution in [1.82, 2.24) is 9.97 Å². The zero-order valence-corrected chi connectivity index (χ0v) is 26.5. The molecular formula is C39H39N5. The third kappa shape index (κ3) is 4.92. The Hall–Kier alpha value is -4.90. The van der Waals surface area contributed by atoms with Crippen molar-refractivity contribution in [3.05, 3.63) is 117 Å². The van der Waals surface area contributed by atoms with Crippen molar-refractivity contribution in [2.24, 2.45) is 4.99 Å². The maximum atomic E-state index is 4.47. The number of nitrogens with one attached hydrogen (secondary N) is 1. The molecule has 0 radical (unpaired) electrons. The quantitative estimate of drug-likeness (QED) is 0.231. The molecule has 8 rings (SSSR count). The molecule has 0 unspecified atom stereocenters. The van der Waals surface area contributed by atoms with Gasteiger partial charge in [-0.05, 0) is 127 Å². The van der Waals surface area contributed by atoms with Gasteiger partial charge in [0.15, 0.2) is 0 Å². The van der Waals surface area contributed by atoms with Gasteiger partial charge in [0, 0.05) is 49.5 Å². The number of fused-ring (bicyclic) bond motifs is 4. The second-order valence-corrected chi connectivity index (χ2v) is 12.3. The molecule has 1 N–H and O–H groups in total. The Morgan fingerprint density at radius 2 is 1.16 bits per heavy atom. The molecule has 0 saturated carbocycles. The molecule has 5 aromatic rings. The normalized spacial score (nSPS) is 13.6. The molecule has 0 spiro atoms. The molecule has 2 aliphatic carbocycles. The number of anilines is 4. The lowest BCUT2D eigenvalue weighted by Gasteiger charge is -2.25. The van der Waals surface area contributed by atoms with E-state index in [1.54, 1.807) is 6.33 Å². The fourth-order valence-corrected chi connectivity index (χ4v) is 6.88. The van der Waals surface area contributed by atoms with E-state index in [-0.39, 0.29) is 0 Å². The number of hydrogen-bond acceptors (Lipinski definition) is 4. The van der Waals surface area contributed by atoms with E-state index in [0.29, 0.717) is 0 Å². The average molecular weight is 578 g/mol. The number of nitrogens with zero attached hydrogens (tertiary/aromatic N) is 4. The molecule has 0 bridgehead atoms. The standard InChI is InChI=1S/C21H21N.C18H18N4/c1-14-10-16-6-4-8-18(16)12-20(14)22(3)21-13-19-9-5-7-17(19)11-15(21)2;1-11-6-13-4-5-19-14(13)8-17(11)22(3)18-9-16-15(7-12(18)2)20-10-21-16/h4-6,9-13H,7-8H2,1-3H3;5-10H,4H2,1-3H3,(H,20,21). The average Bonchev–Trinajstić information content (AvgIpc) is 3.82. The van der Waals surface area contributed by atoms with Crippen LogP contribution >= 0.6 is 0 Å². The van der Waals surface area contributed by atoms with Crippen molar-refractivity contribution in [2.75, 3.05) is 23.9 Å². The number of aromatic nitrogens is 2. The molecule has 2 heterocycles. The van der Waals surface area contributed by atoms with Gasteiger partial charge in [0.2, 0.25) is 0 Å². The van der Waals surface area contributed by atoms with Crippen LogP contribution < -0.4 is 9.80 Å². The molecule has 0 amide bonds.